The smallest absolute Gasteiger partial charge is 0.214 e. The molecule has 2 rings (SSSR count). The van der Waals surface area contributed by atoms with Gasteiger partial charge in [0.25, 0.3) is 0 Å². The zero-order valence-electron chi connectivity index (χ0n) is 9.68. The molecule has 0 saturated carbocycles. The average Bonchev–Trinajstić information content (AvgIpc) is 2.37. The lowest BCUT2D eigenvalue weighted by molar-refractivity contribution is 0.398. The first-order chi connectivity index (χ1) is 8.28. The SMILES string of the molecule is COc1cccc(NCc2cccc(N)c2)n1. The Morgan fingerprint density at radius 3 is 2.82 bits per heavy atom. The predicted molar refractivity (Wildman–Crippen MR) is 69.0 cm³/mol. The molecular weight excluding hydrogens is 214 g/mol. The number of methoxy groups -OCH3 is 1. The van der Waals surface area contributed by atoms with E-state index in [4.69, 9.17) is 10.5 Å². The lowest BCUT2D eigenvalue weighted by Crippen LogP contribution is -2.02. The fourth-order valence-corrected chi connectivity index (χ4v) is 1.52. The number of rotatable bonds is 4. The highest BCUT2D eigenvalue weighted by Crippen LogP contribution is 2.13. The summed E-state index contributed by atoms with van der Waals surface area (Å²) in [4.78, 5) is 4.26. The lowest BCUT2D eigenvalue weighted by atomic mass is 10.2. The largest absolute Gasteiger partial charge is 0.481 e. The first kappa shape index (κ1) is 11.3. The van der Waals surface area contributed by atoms with Crippen LogP contribution >= 0.6 is 0 Å². The number of hydrogen-bond acceptors (Lipinski definition) is 4. The van der Waals surface area contributed by atoms with Crippen molar-refractivity contribution in [2.45, 2.75) is 6.54 Å². The number of nitrogens with two attached hydrogens (primary N) is 1. The molecule has 0 aliphatic carbocycles. The van der Waals surface area contributed by atoms with Crippen LogP contribution in [0.5, 0.6) is 5.88 Å². The second kappa shape index (κ2) is 5.21. The molecule has 1 aromatic carbocycles. The Hall–Kier alpha value is -2.23. The summed E-state index contributed by atoms with van der Waals surface area (Å²) >= 11 is 0. The number of pyridine rings is 1. The van der Waals surface area contributed by atoms with E-state index in [9.17, 15) is 0 Å². The van der Waals surface area contributed by atoms with Crippen LogP contribution < -0.4 is 15.8 Å². The summed E-state index contributed by atoms with van der Waals surface area (Å²) < 4.78 is 5.05. The average molecular weight is 229 g/mol. The van der Waals surface area contributed by atoms with Crippen molar-refractivity contribution >= 4 is 11.5 Å². The fourth-order valence-electron chi connectivity index (χ4n) is 1.52. The van der Waals surface area contributed by atoms with E-state index in [1.165, 1.54) is 0 Å². The number of nitrogen functional groups attached to an aromatic ring is 1. The van der Waals surface area contributed by atoms with Crippen LogP contribution in [-0.4, -0.2) is 12.1 Å². The Balaban J connectivity index is 2.02. The van der Waals surface area contributed by atoms with Crippen LogP contribution in [0.15, 0.2) is 42.5 Å². The Morgan fingerprint density at radius 1 is 1.24 bits per heavy atom. The molecule has 1 heterocycles. The standard InChI is InChI=1S/C13H15N3O/c1-17-13-7-3-6-12(16-13)15-9-10-4-2-5-11(14)8-10/h2-8H,9,14H2,1H3,(H,15,16). The number of aromatic nitrogens is 1. The van der Waals surface area contributed by atoms with Crippen LogP contribution in [0.2, 0.25) is 0 Å². The van der Waals surface area contributed by atoms with E-state index in [1.807, 2.05) is 42.5 Å². The summed E-state index contributed by atoms with van der Waals surface area (Å²) in [6, 6.07) is 13.4. The third-order valence-electron chi connectivity index (χ3n) is 2.36. The summed E-state index contributed by atoms with van der Waals surface area (Å²) in [5, 5.41) is 3.22. The van der Waals surface area contributed by atoms with Crippen molar-refractivity contribution in [1.82, 2.24) is 4.98 Å². The number of nitrogens with zero attached hydrogens (tertiary/aromatic N) is 1. The molecule has 0 amide bonds. The number of ether oxygens (including phenoxy) is 1. The van der Waals surface area contributed by atoms with Crippen molar-refractivity contribution in [1.29, 1.82) is 0 Å². The third-order valence-corrected chi connectivity index (χ3v) is 2.36. The normalized spacial score (nSPS) is 9.94. The highest BCUT2D eigenvalue weighted by molar-refractivity contribution is 5.43. The minimum Gasteiger partial charge on any atom is -0.481 e. The molecule has 0 aliphatic heterocycles. The van der Waals surface area contributed by atoms with Crippen LogP contribution in [0.4, 0.5) is 11.5 Å². The Morgan fingerprint density at radius 2 is 2.06 bits per heavy atom. The minimum atomic E-state index is 0.600. The zero-order valence-corrected chi connectivity index (χ0v) is 9.68. The van der Waals surface area contributed by atoms with Crippen LogP contribution in [-0.2, 0) is 6.54 Å². The summed E-state index contributed by atoms with van der Waals surface area (Å²) in [5.41, 5.74) is 7.60. The Bertz CT molecular complexity index is 500. The second-order valence-corrected chi connectivity index (χ2v) is 3.66. The van der Waals surface area contributed by atoms with Gasteiger partial charge in [-0.15, -0.1) is 0 Å². The van der Waals surface area contributed by atoms with E-state index in [0.717, 1.165) is 17.1 Å². The highest BCUT2D eigenvalue weighted by Gasteiger charge is 1.97. The van der Waals surface area contributed by atoms with Gasteiger partial charge in [0.15, 0.2) is 0 Å². The Kier molecular flexibility index (Phi) is 3.45. The molecule has 3 N–H and O–H groups in total. The first-order valence-corrected chi connectivity index (χ1v) is 5.37. The third kappa shape index (κ3) is 3.11. The van der Waals surface area contributed by atoms with Crippen LogP contribution in [0.3, 0.4) is 0 Å². The van der Waals surface area contributed by atoms with Gasteiger partial charge in [0.1, 0.15) is 5.82 Å². The molecule has 1 aromatic heterocycles. The van der Waals surface area contributed by atoms with E-state index < -0.39 is 0 Å². The number of hydrogen-bond donors (Lipinski definition) is 2. The molecule has 17 heavy (non-hydrogen) atoms. The molecule has 2 aromatic rings. The number of nitrogens with one attached hydrogen (secondary N) is 1. The second-order valence-electron chi connectivity index (χ2n) is 3.66. The summed E-state index contributed by atoms with van der Waals surface area (Å²) in [7, 11) is 1.60. The predicted octanol–water partition coefficient (Wildman–Crippen LogP) is 2.28. The van der Waals surface area contributed by atoms with Gasteiger partial charge >= 0.3 is 0 Å². The van der Waals surface area contributed by atoms with Crippen molar-refractivity contribution in [3.8, 4) is 5.88 Å². The monoisotopic (exact) mass is 229 g/mol. The van der Waals surface area contributed by atoms with Crippen LogP contribution in [0, 0.1) is 0 Å². The molecule has 0 aliphatic rings. The van der Waals surface area contributed by atoms with Gasteiger partial charge in [0, 0.05) is 18.3 Å². The maximum atomic E-state index is 5.71. The van der Waals surface area contributed by atoms with E-state index >= 15 is 0 Å². The zero-order chi connectivity index (χ0) is 12.1. The molecule has 0 spiro atoms. The van der Waals surface area contributed by atoms with Crippen molar-refractivity contribution in [3.63, 3.8) is 0 Å². The van der Waals surface area contributed by atoms with Crippen molar-refractivity contribution in [2.24, 2.45) is 0 Å². The van der Waals surface area contributed by atoms with Crippen molar-refractivity contribution in [2.75, 3.05) is 18.2 Å². The molecule has 0 atom stereocenters. The maximum absolute atomic E-state index is 5.71. The summed E-state index contributed by atoms with van der Waals surface area (Å²) in [6.07, 6.45) is 0. The maximum Gasteiger partial charge on any atom is 0.214 e. The number of anilines is 2. The minimum absolute atomic E-state index is 0.600. The van der Waals surface area contributed by atoms with E-state index in [2.05, 4.69) is 10.3 Å². The first-order valence-electron chi connectivity index (χ1n) is 5.37. The van der Waals surface area contributed by atoms with Gasteiger partial charge in [-0.25, -0.2) is 0 Å². The molecular formula is C13H15N3O. The lowest BCUT2D eigenvalue weighted by Gasteiger charge is -2.07. The molecule has 4 nitrogen and oxygen atoms in total. The molecule has 88 valence electrons. The molecule has 0 bridgehead atoms. The molecule has 0 radical (unpaired) electrons. The number of benzene rings is 1. The summed E-state index contributed by atoms with van der Waals surface area (Å²) in [5.74, 6) is 1.38. The van der Waals surface area contributed by atoms with Gasteiger partial charge in [-0.1, -0.05) is 18.2 Å². The van der Waals surface area contributed by atoms with Crippen LogP contribution in [0.1, 0.15) is 5.56 Å². The molecule has 0 unspecified atom stereocenters. The molecule has 4 heteroatoms. The van der Waals surface area contributed by atoms with Crippen molar-refractivity contribution in [3.05, 3.63) is 48.0 Å². The van der Waals surface area contributed by atoms with Crippen LogP contribution in [0.25, 0.3) is 0 Å². The van der Waals surface area contributed by atoms with E-state index in [1.54, 1.807) is 7.11 Å². The van der Waals surface area contributed by atoms with Gasteiger partial charge in [-0.2, -0.15) is 4.98 Å². The summed E-state index contributed by atoms with van der Waals surface area (Å²) in [6.45, 7) is 0.686. The quantitative estimate of drug-likeness (QED) is 0.790. The van der Waals surface area contributed by atoms with E-state index in [-0.39, 0.29) is 0 Å². The van der Waals surface area contributed by atoms with Gasteiger partial charge in [0.2, 0.25) is 5.88 Å². The Labute approximate surface area is 100 Å². The van der Waals surface area contributed by atoms with Gasteiger partial charge < -0.3 is 15.8 Å². The van der Waals surface area contributed by atoms with Gasteiger partial charge in [-0.05, 0) is 23.8 Å². The fraction of sp³-hybridized carbons (Fsp3) is 0.154. The van der Waals surface area contributed by atoms with Gasteiger partial charge in [0.05, 0.1) is 7.11 Å². The van der Waals surface area contributed by atoms with Crippen molar-refractivity contribution < 1.29 is 4.74 Å². The molecule has 0 fully saturated rings. The molecule has 0 saturated heterocycles. The topological polar surface area (TPSA) is 60.2 Å². The van der Waals surface area contributed by atoms with E-state index in [0.29, 0.717) is 12.4 Å². The highest BCUT2D eigenvalue weighted by atomic mass is 16.5. The van der Waals surface area contributed by atoms with Gasteiger partial charge in [-0.3, -0.25) is 0 Å².